The third-order valence-corrected chi connectivity index (χ3v) is 3.57. The summed E-state index contributed by atoms with van der Waals surface area (Å²) in [6.07, 6.45) is -0.460. The summed E-state index contributed by atoms with van der Waals surface area (Å²) in [5.74, 6) is 0.537. The molecule has 1 aromatic carbocycles. The molecule has 0 saturated heterocycles. The number of hydrogen-bond acceptors (Lipinski definition) is 2. The van der Waals surface area contributed by atoms with E-state index < -0.39 is 6.10 Å². The highest BCUT2D eigenvalue weighted by molar-refractivity contribution is 5.54. The van der Waals surface area contributed by atoms with Crippen LogP contribution in [0.4, 0.5) is 0 Å². The van der Waals surface area contributed by atoms with E-state index in [0.717, 1.165) is 27.8 Å². The number of phenolic OH excluding ortho intramolecular Hbond substituents is 1. The lowest BCUT2D eigenvalue weighted by Crippen LogP contribution is -2.11. The molecule has 0 aliphatic carbocycles. The molecule has 16 heavy (non-hydrogen) atoms. The van der Waals surface area contributed by atoms with Crippen molar-refractivity contribution in [2.75, 3.05) is 0 Å². The fourth-order valence-electron chi connectivity index (χ4n) is 2.10. The van der Waals surface area contributed by atoms with E-state index in [9.17, 15) is 10.2 Å². The van der Waals surface area contributed by atoms with Crippen molar-refractivity contribution in [1.82, 2.24) is 0 Å². The molecular weight excluding hydrogens is 200 g/mol. The number of benzene rings is 1. The molecular formula is C14H22O2. The molecule has 2 N–H and O–H groups in total. The lowest BCUT2D eigenvalue weighted by molar-refractivity contribution is 0.125. The van der Waals surface area contributed by atoms with Gasteiger partial charge in [-0.1, -0.05) is 13.8 Å². The van der Waals surface area contributed by atoms with Gasteiger partial charge in [0, 0.05) is 0 Å². The Bertz CT molecular complexity index is 377. The molecule has 0 bridgehead atoms. The van der Waals surface area contributed by atoms with Crippen LogP contribution in [0.2, 0.25) is 0 Å². The molecule has 90 valence electrons. The van der Waals surface area contributed by atoms with Gasteiger partial charge in [0.15, 0.2) is 0 Å². The highest BCUT2D eigenvalue weighted by Crippen LogP contribution is 2.36. The Kier molecular flexibility index (Phi) is 3.64. The second kappa shape index (κ2) is 4.46. The maximum atomic E-state index is 10.2. The Morgan fingerprint density at radius 2 is 1.19 bits per heavy atom. The Balaban J connectivity index is 3.51. The van der Waals surface area contributed by atoms with E-state index in [1.807, 2.05) is 41.5 Å². The molecule has 0 fully saturated rings. The minimum absolute atomic E-state index is 0.181. The number of phenols is 1. The van der Waals surface area contributed by atoms with Crippen LogP contribution in [0.15, 0.2) is 0 Å². The molecule has 1 atom stereocenters. The Hall–Kier alpha value is -1.02. The zero-order valence-corrected chi connectivity index (χ0v) is 11.0. The summed E-state index contributed by atoms with van der Waals surface area (Å²) in [5, 5.41) is 20.1. The van der Waals surface area contributed by atoms with Crippen LogP contribution in [-0.4, -0.2) is 10.2 Å². The van der Waals surface area contributed by atoms with Crippen molar-refractivity contribution in [3.8, 4) is 5.75 Å². The van der Waals surface area contributed by atoms with Gasteiger partial charge in [0.25, 0.3) is 0 Å². The van der Waals surface area contributed by atoms with Crippen molar-refractivity contribution >= 4 is 0 Å². The van der Waals surface area contributed by atoms with Crippen molar-refractivity contribution in [3.63, 3.8) is 0 Å². The van der Waals surface area contributed by atoms with Crippen LogP contribution in [0.1, 0.15) is 47.8 Å². The standard InChI is InChI=1S/C14H22O2/c1-7(2)13(15)12-8(3)10(5)14(16)11(6)9(12)4/h7,13,15-16H,1-6H3/t13-/m0/s1. The quantitative estimate of drug-likeness (QED) is 0.806. The van der Waals surface area contributed by atoms with Crippen LogP contribution in [0.3, 0.4) is 0 Å². The van der Waals surface area contributed by atoms with Crippen molar-refractivity contribution in [2.24, 2.45) is 5.92 Å². The highest BCUT2D eigenvalue weighted by atomic mass is 16.3. The van der Waals surface area contributed by atoms with Crippen LogP contribution in [0.5, 0.6) is 5.75 Å². The van der Waals surface area contributed by atoms with Gasteiger partial charge in [0.1, 0.15) is 5.75 Å². The summed E-state index contributed by atoms with van der Waals surface area (Å²) >= 11 is 0. The molecule has 0 aliphatic rings. The summed E-state index contributed by atoms with van der Waals surface area (Å²) < 4.78 is 0. The van der Waals surface area contributed by atoms with Crippen LogP contribution in [0, 0.1) is 33.6 Å². The molecule has 0 spiro atoms. The predicted molar refractivity (Wildman–Crippen MR) is 66.9 cm³/mol. The maximum absolute atomic E-state index is 10.2. The minimum atomic E-state index is -0.460. The number of aromatic hydroxyl groups is 1. The summed E-state index contributed by atoms with van der Waals surface area (Å²) in [7, 11) is 0. The van der Waals surface area contributed by atoms with Gasteiger partial charge in [-0.15, -0.1) is 0 Å². The minimum Gasteiger partial charge on any atom is -0.507 e. The Morgan fingerprint density at radius 1 is 0.812 bits per heavy atom. The summed E-state index contributed by atoms with van der Waals surface area (Å²) in [5.41, 5.74) is 4.72. The molecule has 0 radical (unpaired) electrons. The highest BCUT2D eigenvalue weighted by Gasteiger charge is 2.21. The monoisotopic (exact) mass is 222 g/mol. The molecule has 2 nitrogen and oxygen atoms in total. The smallest absolute Gasteiger partial charge is 0.121 e. The van der Waals surface area contributed by atoms with Gasteiger partial charge in [0.05, 0.1) is 6.10 Å². The van der Waals surface area contributed by atoms with Gasteiger partial charge in [0.2, 0.25) is 0 Å². The predicted octanol–water partition coefficient (Wildman–Crippen LogP) is 3.32. The molecule has 2 heteroatoms. The molecule has 0 unspecified atom stereocenters. The zero-order chi connectivity index (χ0) is 12.6. The van der Waals surface area contributed by atoms with E-state index in [1.54, 1.807) is 0 Å². The van der Waals surface area contributed by atoms with Crippen molar-refractivity contribution in [1.29, 1.82) is 0 Å². The van der Waals surface area contributed by atoms with Crippen molar-refractivity contribution < 1.29 is 10.2 Å². The molecule has 1 rings (SSSR count). The number of rotatable bonds is 2. The second-order valence-electron chi connectivity index (χ2n) is 4.95. The fourth-order valence-corrected chi connectivity index (χ4v) is 2.10. The lowest BCUT2D eigenvalue weighted by atomic mass is 9.86. The van der Waals surface area contributed by atoms with E-state index in [0.29, 0.717) is 5.75 Å². The first-order valence-corrected chi connectivity index (χ1v) is 5.76. The summed E-state index contributed by atoms with van der Waals surface area (Å²) in [6, 6.07) is 0. The lowest BCUT2D eigenvalue weighted by Gasteiger charge is -2.23. The van der Waals surface area contributed by atoms with E-state index in [-0.39, 0.29) is 5.92 Å². The van der Waals surface area contributed by atoms with Crippen molar-refractivity contribution in [2.45, 2.75) is 47.6 Å². The van der Waals surface area contributed by atoms with Gasteiger partial charge in [-0.2, -0.15) is 0 Å². The topological polar surface area (TPSA) is 40.5 Å². The second-order valence-corrected chi connectivity index (χ2v) is 4.95. The molecule has 0 aliphatic heterocycles. The van der Waals surface area contributed by atoms with E-state index >= 15 is 0 Å². The number of aliphatic hydroxyl groups is 1. The normalized spacial score (nSPS) is 13.2. The average molecular weight is 222 g/mol. The van der Waals surface area contributed by atoms with E-state index in [1.165, 1.54) is 0 Å². The van der Waals surface area contributed by atoms with Gasteiger partial charge in [-0.3, -0.25) is 0 Å². The van der Waals surface area contributed by atoms with Crippen LogP contribution < -0.4 is 0 Å². The number of aliphatic hydroxyl groups excluding tert-OH is 1. The zero-order valence-electron chi connectivity index (χ0n) is 11.0. The molecule has 0 saturated carbocycles. The molecule has 0 aromatic heterocycles. The first-order chi connectivity index (χ1) is 7.29. The van der Waals surface area contributed by atoms with Gasteiger partial charge in [-0.05, 0) is 61.4 Å². The third kappa shape index (κ3) is 1.94. The Morgan fingerprint density at radius 3 is 1.50 bits per heavy atom. The van der Waals surface area contributed by atoms with Gasteiger partial charge < -0.3 is 10.2 Å². The van der Waals surface area contributed by atoms with Crippen LogP contribution in [-0.2, 0) is 0 Å². The first-order valence-electron chi connectivity index (χ1n) is 5.76. The van der Waals surface area contributed by atoms with Crippen molar-refractivity contribution in [3.05, 3.63) is 27.8 Å². The third-order valence-electron chi connectivity index (χ3n) is 3.57. The van der Waals surface area contributed by atoms with Gasteiger partial charge in [-0.25, -0.2) is 0 Å². The molecule has 0 amide bonds. The first kappa shape index (κ1) is 13.0. The van der Waals surface area contributed by atoms with Crippen LogP contribution >= 0.6 is 0 Å². The number of hydrogen-bond donors (Lipinski definition) is 2. The molecule has 0 heterocycles. The SMILES string of the molecule is Cc1c(C)c([C@@H](O)C(C)C)c(C)c(C)c1O. The van der Waals surface area contributed by atoms with Crippen LogP contribution in [0.25, 0.3) is 0 Å². The fraction of sp³-hybridized carbons (Fsp3) is 0.571. The summed E-state index contributed by atoms with van der Waals surface area (Å²) in [4.78, 5) is 0. The van der Waals surface area contributed by atoms with E-state index in [2.05, 4.69) is 0 Å². The summed E-state index contributed by atoms with van der Waals surface area (Å²) in [6.45, 7) is 11.7. The maximum Gasteiger partial charge on any atom is 0.121 e. The molecule has 1 aromatic rings. The Labute approximate surface area is 97.9 Å². The largest absolute Gasteiger partial charge is 0.507 e. The average Bonchev–Trinajstić information content (AvgIpc) is 2.23. The van der Waals surface area contributed by atoms with Gasteiger partial charge >= 0.3 is 0 Å². The van der Waals surface area contributed by atoms with E-state index in [4.69, 9.17) is 0 Å².